The standard InChI is InChI=1S/C20H22N2O4/c1-3-4-5-10-16-18(15-11-13-8-6-7-9-14(13)21-15)19(17(12-23)26-16)20(24)22-25-2/h6-9,11,16,21H,3-5,10H2,1-2H3,(H,22,24). The number of carbonyl (C=O) groups excluding carboxylic acids is 2. The Balaban J connectivity index is 2.10. The van der Waals surface area contributed by atoms with Gasteiger partial charge in [-0.05, 0) is 30.4 Å². The van der Waals surface area contributed by atoms with Gasteiger partial charge in [0.2, 0.25) is 5.76 Å². The van der Waals surface area contributed by atoms with E-state index < -0.39 is 5.91 Å². The summed E-state index contributed by atoms with van der Waals surface area (Å²) >= 11 is 0. The summed E-state index contributed by atoms with van der Waals surface area (Å²) in [5, 5.41) is 1.03. The number of benzene rings is 1. The zero-order valence-corrected chi connectivity index (χ0v) is 14.9. The van der Waals surface area contributed by atoms with Crippen LogP contribution in [0.1, 0.15) is 38.3 Å². The highest BCUT2D eigenvalue weighted by molar-refractivity contribution is 6.08. The van der Waals surface area contributed by atoms with Crippen LogP contribution in [0.15, 0.2) is 41.7 Å². The minimum absolute atomic E-state index is 0.0743. The van der Waals surface area contributed by atoms with Gasteiger partial charge in [-0.1, -0.05) is 38.0 Å². The molecule has 6 heteroatoms. The van der Waals surface area contributed by atoms with E-state index >= 15 is 0 Å². The molecular formula is C20H22N2O4. The van der Waals surface area contributed by atoms with Gasteiger partial charge in [0, 0.05) is 16.8 Å². The first-order valence-corrected chi connectivity index (χ1v) is 8.77. The molecule has 1 aromatic heterocycles. The Bertz CT molecular complexity index is 857. The van der Waals surface area contributed by atoms with Gasteiger partial charge in [-0.2, -0.15) is 0 Å². The van der Waals surface area contributed by atoms with E-state index in [2.05, 4.69) is 17.4 Å². The van der Waals surface area contributed by atoms with Gasteiger partial charge in [0.05, 0.1) is 7.11 Å². The van der Waals surface area contributed by atoms with Crippen LogP contribution in [-0.4, -0.2) is 30.0 Å². The first-order chi connectivity index (χ1) is 12.7. The fourth-order valence-corrected chi connectivity index (χ4v) is 3.30. The number of carbonyl (C=O) groups is 1. The third kappa shape index (κ3) is 3.43. The van der Waals surface area contributed by atoms with E-state index in [1.807, 2.05) is 30.3 Å². The summed E-state index contributed by atoms with van der Waals surface area (Å²) in [6.07, 6.45) is 3.41. The van der Waals surface area contributed by atoms with Crippen molar-refractivity contribution in [1.82, 2.24) is 10.5 Å². The van der Waals surface area contributed by atoms with Gasteiger partial charge in [-0.25, -0.2) is 10.3 Å². The Morgan fingerprint density at radius 3 is 2.85 bits per heavy atom. The van der Waals surface area contributed by atoms with Crippen molar-refractivity contribution in [3.05, 3.63) is 47.4 Å². The first kappa shape index (κ1) is 18.0. The molecule has 136 valence electrons. The molecule has 26 heavy (non-hydrogen) atoms. The zero-order valence-electron chi connectivity index (χ0n) is 14.9. The molecule has 0 spiro atoms. The summed E-state index contributed by atoms with van der Waals surface area (Å²) in [6.45, 7) is 2.12. The second-order valence-electron chi connectivity index (χ2n) is 6.23. The van der Waals surface area contributed by atoms with E-state index in [1.54, 1.807) is 5.94 Å². The summed E-state index contributed by atoms with van der Waals surface area (Å²) in [5.74, 6) is 1.17. The Hall–Kier alpha value is -2.82. The highest BCUT2D eigenvalue weighted by Gasteiger charge is 2.37. The van der Waals surface area contributed by atoms with Crippen LogP contribution in [0.25, 0.3) is 16.5 Å². The molecule has 0 fully saturated rings. The largest absolute Gasteiger partial charge is 0.474 e. The van der Waals surface area contributed by atoms with Crippen molar-refractivity contribution in [2.24, 2.45) is 0 Å². The molecular weight excluding hydrogens is 332 g/mol. The van der Waals surface area contributed by atoms with Gasteiger partial charge in [-0.3, -0.25) is 9.63 Å². The third-order valence-corrected chi connectivity index (χ3v) is 4.48. The molecule has 0 saturated carbocycles. The fourth-order valence-electron chi connectivity index (χ4n) is 3.30. The number of para-hydroxylation sites is 1. The van der Waals surface area contributed by atoms with Gasteiger partial charge in [0.1, 0.15) is 11.7 Å². The lowest BCUT2D eigenvalue weighted by molar-refractivity contribution is -0.127. The predicted octanol–water partition coefficient (Wildman–Crippen LogP) is 3.29. The maximum atomic E-state index is 12.5. The number of amides is 1. The van der Waals surface area contributed by atoms with Crippen LogP contribution in [0.2, 0.25) is 0 Å². The first-order valence-electron chi connectivity index (χ1n) is 8.77. The number of unbranched alkanes of at least 4 members (excludes halogenated alkanes) is 2. The molecule has 1 aromatic carbocycles. The van der Waals surface area contributed by atoms with Crippen LogP contribution in [-0.2, 0) is 19.2 Å². The quantitative estimate of drug-likeness (QED) is 0.454. The number of hydrogen-bond donors (Lipinski definition) is 2. The molecule has 2 N–H and O–H groups in total. The van der Waals surface area contributed by atoms with Crippen molar-refractivity contribution in [2.45, 2.75) is 38.7 Å². The summed E-state index contributed by atoms with van der Waals surface area (Å²) in [6, 6.07) is 9.81. The van der Waals surface area contributed by atoms with E-state index in [4.69, 9.17) is 9.57 Å². The molecule has 0 saturated heterocycles. The Morgan fingerprint density at radius 2 is 2.15 bits per heavy atom. The molecule has 6 nitrogen and oxygen atoms in total. The van der Waals surface area contributed by atoms with E-state index in [0.717, 1.165) is 35.9 Å². The fraction of sp³-hybridized carbons (Fsp3) is 0.350. The second kappa shape index (κ2) is 8.04. The van der Waals surface area contributed by atoms with Crippen LogP contribution in [0.4, 0.5) is 0 Å². The molecule has 0 bridgehead atoms. The lowest BCUT2D eigenvalue weighted by Gasteiger charge is -2.13. The van der Waals surface area contributed by atoms with E-state index in [0.29, 0.717) is 12.0 Å². The highest BCUT2D eigenvalue weighted by atomic mass is 16.6. The van der Waals surface area contributed by atoms with Gasteiger partial charge in [-0.15, -0.1) is 0 Å². The molecule has 0 radical (unpaired) electrons. The number of ether oxygens (including phenoxy) is 1. The number of nitrogens with one attached hydrogen (secondary N) is 2. The van der Waals surface area contributed by atoms with E-state index in [-0.39, 0.29) is 17.4 Å². The minimum atomic E-state index is -0.516. The van der Waals surface area contributed by atoms with Gasteiger partial charge < -0.3 is 9.72 Å². The van der Waals surface area contributed by atoms with Gasteiger partial charge in [0.15, 0.2) is 5.94 Å². The predicted molar refractivity (Wildman–Crippen MR) is 98.6 cm³/mol. The topological polar surface area (TPSA) is 80.4 Å². The number of rotatable bonds is 7. The van der Waals surface area contributed by atoms with Crippen molar-refractivity contribution < 1.29 is 19.2 Å². The second-order valence-corrected chi connectivity index (χ2v) is 6.23. The molecule has 1 unspecified atom stereocenters. The lowest BCUT2D eigenvalue weighted by Crippen LogP contribution is -2.24. The van der Waals surface area contributed by atoms with Crippen LogP contribution >= 0.6 is 0 Å². The van der Waals surface area contributed by atoms with E-state index in [1.165, 1.54) is 7.11 Å². The number of H-pyrrole nitrogens is 1. The lowest BCUT2D eigenvalue weighted by atomic mass is 9.97. The summed E-state index contributed by atoms with van der Waals surface area (Å²) in [5.41, 5.74) is 4.85. The SMILES string of the molecule is CCCCCC1OC(=C=O)C(C(=O)NOC)=C1c1cc2ccccc2[nH]1. The average Bonchev–Trinajstić information content (AvgIpc) is 3.22. The van der Waals surface area contributed by atoms with Crippen molar-refractivity contribution in [3.8, 4) is 0 Å². The maximum Gasteiger partial charge on any atom is 0.279 e. The summed E-state index contributed by atoms with van der Waals surface area (Å²) in [4.78, 5) is 32.0. The highest BCUT2D eigenvalue weighted by Crippen LogP contribution is 2.39. The Morgan fingerprint density at radius 1 is 1.35 bits per heavy atom. The van der Waals surface area contributed by atoms with Crippen LogP contribution in [0.3, 0.4) is 0 Å². The molecule has 1 amide bonds. The minimum Gasteiger partial charge on any atom is -0.474 e. The van der Waals surface area contributed by atoms with Crippen LogP contribution in [0.5, 0.6) is 0 Å². The number of aromatic amines is 1. The van der Waals surface area contributed by atoms with Crippen LogP contribution in [0, 0.1) is 0 Å². The molecule has 1 aliphatic rings. The Kier molecular flexibility index (Phi) is 5.56. The van der Waals surface area contributed by atoms with Gasteiger partial charge >= 0.3 is 0 Å². The number of hydrogen-bond acceptors (Lipinski definition) is 4. The van der Waals surface area contributed by atoms with Crippen LogP contribution < -0.4 is 5.48 Å². The molecule has 1 atom stereocenters. The normalized spacial score (nSPS) is 16.7. The molecule has 1 aliphatic heterocycles. The molecule has 2 aromatic rings. The van der Waals surface area contributed by atoms with Crippen molar-refractivity contribution in [3.63, 3.8) is 0 Å². The maximum absolute atomic E-state index is 12.5. The van der Waals surface area contributed by atoms with Crippen molar-refractivity contribution in [1.29, 1.82) is 0 Å². The molecule has 2 heterocycles. The van der Waals surface area contributed by atoms with Crippen molar-refractivity contribution >= 4 is 28.3 Å². The zero-order chi connectivity index (χ0) is 18.5. The number of aromatic nitrogens is 1. The third-order valence-electron chi connectivity index (χ3n) is 4.48. The van der Waals surface area contributed by atoms with E-state index in [9.17, 15) is 9.59 Å². The smallest absolute Gasteiger partial charge is 0.279 e. The van der Waals surface area contributed by atoms with Crippen molar-refractivity contribution in [2.75, 3.05) is 7.11 Å². The molecule has 0 aliphatic carbocycles. The van der Waals surface area contributed by atoms with Gasteiger partial charge in [0.25, 0.3) is 5.91 Å². The summed E-state index contributed by atoms with van der Waals surface area (Å²) in [7, 11) is 1.35. The Labute approximate surface area is 151 Å². The monoisotopic (exact) mass is 354 g/mol. The molecule has 3 rings (SSSR count). The average molecular weight is 354 g/mol. The number of hydroxylamine groups is 1. The summed E-state index contributed by atoms with van der Waals surface area (Å²) < 4.78 is 5.78. The number of fused-ring (bicyclic) bond motifs is 1.